The van der Waals surface area contributed by atoms with Gasteiger partial charge in [0.1, 0.15) is 0 Å². The molecule has 0 spiro atoms. The molecule has 0 radical (unpaired) electrons. The lowest BCUT2D eigenvalue weighted by molar-refractivity contribution is -0.118. The third-order valence-electron chi connectivity index (χ3n) is 6.47. The third kappa shape index (κ3) is 8.23. The molecule has 0 saturated carbocycles. The molecule has 0 bridgehead atoms. The van der Waals surface area contributed by atoms with Crippen molar-refractivity contribution in [2.75, 3.05) is 36.9 Å². The van der Waals surface area contributed by atoms with Crippen LogP contribution >= 0.6 is 21.6 Å². The van der Waals surface area contributed by atoms with Crippen molar-refractivity contribution in [2.45, 2.75) is 49.3 Å². The highest BCUT2D eigenvalue weighted by atomic mass is 33.1. The molecule has 12 heteroatoms. The Hall–Kier alpha value is -3.06. The van der Waals surface area contributed by atoms with Gasteiger partial charge in [0.2, 0.25) is 11.8 Å². The molecule has 2 heterocycles. The van der Waals surface area contributed by atoms with E-state index >= 15 is 0 Å². The van der Waals surface area contributed by atoms with Gasteiger partial charge in [-0.2, -0.15) is 0 Å². The van der Waals surface area contributed by atoms with Crippen molar-refractivity contribution in [3.05, 3.63) is 59.7 Å². The maximum absolute atomic E-state index is 12.7. The van der Waals surface area contributed by atoms with E-state index in [0.717, 1.165) is 13.1 Å². The van der Waals surface area contributed by atoms with Crippen LogP contribution in [0.2, 0.25) is 0 Å². The van der Waals surface area contributed by atoms with E-state index in [1.807, 2.05) is 0 Å². The van der Waals surface area contributed by atoms with Crippen molar-refractivity contribution in [3.8, 4) is 0 Å². The number of amides is 2. The highest BCUT2D eigenvalue weighted by molar-refractivity contribution is 8.77. The minimum atomic E-state index is -0.387. The first-order chi connectivity index (χ1) is 19.4. The third-order valence-corrected chi connectivity index (χ3v) is 9.81. The van der Waals surface area contributed by atoms with Gasteiger partial charge in [0.15, 0.2) is 0 Å². The van der Waals surface area contributed by atoms with Gasteiger partial charge in [-0.1, -0.05) is 21.6 Å². The molecule has 2 fully saturated rings. The summed E-state index contributed by atoms with van der Waals surface area (Å²) in [7, 11) is 3.50. The predicted molar refractivity (Wildman–Crippen MR) is 158 cm³/mol. The maximum atomic E-state index is 12.7. The number of nitrogens with one attached hydrogen (secondary N) is 4. The first-order valence-electron chi connectivity index (χ1n) is 13.3. The number of carbonyl (C=O) groups is 4. The quantitative estimate of drug-likeness (QED) is 0.229. The van der Waals surface area contributed by atoms with Crippen LogP contribution < -0.4 is 21.3 Å². The number of benzene rings is 2. The summed E-state index contributed by atoms with van der Waals surface area (Å²) >= 11 is 0. The van der Waals surface area contributed by atoms with E-state index in [-0.39, 0.29) is 46.3 Å². The summed E-state index contributed by atoms with van der Waals surface area (Å²) in [5, 5.41) is 12.9. The van der Waals surface area contributed by atoms with Crippen molar-refractivity contribution in [3.63, 3.8) is 0 Å². The predicted octanol–water partition coefficient (Wildman–Crippen LogP) is 3.46. The molecule has 2 amide bonds. The molecule has 4 atom stereocenters. The molecule has 214 valence electrons. The lowest BCUT2D eigenvalue weighted by Crippen LogP contribution is -2.35. The Morgan fingerprint density at radius 3 is 1.43 bits per heavy atom. The Labute approximate surface area is 241 Å². The zero-order valence-corrected chi connectivity index (χ0v) is 24.1. The van der Waals surface area contributed by atoms with E-state index in [9.17, 15) is 19.2 Å². The van der Waals surface area contributed by atoms with Crippen LogP contribution in [-0.4, -0.2) is 72.6 Å². The standard InChI is InChI=1S/C28H34N4O6S2/c1-3-37-27(35)17-5-9-19(10-6-17)31-25(33)23-13-21(15-29-23)39-40-22-14-24(30-16-22)26(34)32-20-11-7-18(8-12-20)28(36)38-4-2/h5-12,21-24,29-30H,3-4,13-16H2,1-2H3,(H,31,33)(H,32,34)/t21-,22-,23-,24-/m0/s1. The second-order valence-corrected chi connectivity index (χ2v) is 12.3. The molecular weight excluding hydrogens is 552 g/mol. The van der Waals surface area contributed by atoms with Crippen molar-refractivity contribution in [1.82, 2.24) is 10.6 Å². The van der Waals surface area contributed by atoms with E-state index in [0.29, 0.717) is 48.6 Å². The summed E-state index contributed by atoms with van der Waals surface area (Å²) in [6.45, 7) is 5.58. The number of hydrogen-bond acceptors (Lipinski definition) is 10. The Morgan fingerprint density at radius 1 is 0.700 bits per heavy atom. The molecule has 2 aromatic carbocycles. The number of rotatable bonds is 11. The van der Waals surface area contributed by atoms with Crippen molar-refractivity contribution in [2.24, 2.45) is 0 Å². The average molecular weight is 587 g/mol. The molecule has 0 unspecified atom stereocenters. The minimum Gasteiger partial charge on any atom is -0.462 e. The van der Waals surface area contributed by atoms with E-state index < -0.39 is 0 Å². The van der Waals surface area contributed by atoms with Crippen LogP contribution in [0.15, 0.2) is 48.5 Å². The number of ether oxygens (including phenoxy) is 2. The molecule has 0 aromatic heterocycles. The minimum absolute atomic E-state index is 0.105. The fourth-order valence-electron chi connectivity index (χ4n) is 4.38. The van der Waals surface area contributed by atoms with Gasteiger partial charge in [-0.3, -0.25) is 9.59 Å². The molecule has 4 N–H and O–H groups in total. The molecule has 2 aliphatic rings. The summed E-state index contributed by atoms with van der Waals surface area (Å²) in [4.78, 5) is 49.0. The molecular formula is C28H34N4O6S2. The molecule has 2 aromatic rings. The van der Waals surface area contributed by atoms with Crippen LogP contribution in [0.4, 0.5) is 11.4 Å². The first kappa shape index (κ1) is 29.9. The first-order valence-corrected chi connectivity index (χ1v) is 15.6. The van der Waals surface area contributed by atoms with Gasteiger partial charge < -0.3 is 30.7 Å². The Morgan fingerprint density at radius 2 is 1.07 bits per heavy atom. The van der Waals surface area contributed by atoms with Gasteiger partial charge in [0, 0.05) is 35.0 Å². The van der Waals surface area contributed by atoms with Crippen LogP contribution in [0.25, 0.3) is 0 Å². The van der Waals surface area contributed by atoms with Crippen LogP contribution in [0.3, 0.4) is 0 Å². The molecule has 2 saturated heterocycles. The van der Waals surface area contributed by atoms with Crippen LogP contribution in [0.1, 0.15) is 47.4 Å². The zero-order valence-electron chi connectivity index (χ0n) is 22.4. The van der Waals surface area contributed by atoms with Crippen molar-refractivity contribution >= 4 is 56.7 Å². The number of carbonyl (C=O) groups excluding carboxylic acids is 4. The topological polar surface area (TPSA) is 135 Å². The maximum Gasteiger partial charge on any atom is 0.338 e. The monoisotopic (exact) mass is 586 g/mol. The highest BCUT2D eigenvalue weighted by Crippen LogP contribution is 2.38. The fraction of sp³-hybridized carbons (Fsp3) is 0.429. The van der Waals surface area contributed by atoms with Gasteiger partial charge >= 0.3 is 11.9 Å². The van der Waals surface area contributed by atoms with Crippen LogP contribution in [-0.2, 0) is 19.1 Å². The van der Waals surface area contributed by atoms with Crippen LogP contribution in [0, 0.1) is 0 Å². The molecule has 2 aliphatic heterocycles. The van der Waals surface area contributed by atoms with Gasteiger partial charge in [-0.15, -0.1) is 0 Å². The lowest BCUT2D eigenvalue weighted by Gasteiger charge is -2.13. The lowest BCUT2D eigenvalue weighted by atomic mass is 10.2. The van der Waals surface area contributed by atoms with Gasteiger partial charge in [-0.25, -0.2) is 9.59 Å². The van der Waals surface area contributed by atoms with Crippen molar-refractivity contribution in [1.29, 1.82) is 0 Å². The summed E-state index contributed by atoms with van der Waals surface area (Å²) in [6.07, 6.45) is 1.41. The second kappa shape index (κ2) is 14.5. The molecule has 4 rings (SSSR count). The average Bonchev–Trinajstić information content (AvgIpc) is 3.63. The second-order valence-electron chi connectivity index (χ2n) is 9.40. The smallest absolute Gasteiger partial charge is 0.338 e. The number of esters is 2. The highest BCUT2D eigenvalue weighted by Gasteiger charge is 2.33. The van der Waals surface area contributed by atoms with E-state index in [2.05, 4.69) is 21.3 Å². The number of hydrogen-bond donors (Lipinski definition) is 4. The van der Waals surface area contributed by atoms with E-state index in [1.54, 1.807) is 84.0 Å². The van der Waals surface area contributed by atoms with Gasteiger partial charge in [0.05, 0.1) is 36.4 Å². The summed E-state index contributed by atoms with van der Waals surface area (Å²) in [5.41, 5.74) is 2.14. The summed E-state index contributed by atoms with van der Waals surface area (Å²) < 4.78 is 9.97. The summed E-state index contributed by atoms with van der Waals surface area (Å²) in [6, 6.07) is 12.7. The molecule has 10 nitrogen and oxygen atoms in total. The Bertz CT molecular complexity index is 1100. The van der Waals surface area contributed by atoms with Crippen molar-refractivity contribution < 1.29 is 28.7 Å². The number of anilines is 2. The summed E-state index contributed by atoms with van der Waals surface area (Å²) in [5.74, 6) is -0.985. The largest absolute Gasteiger partial charge is 0.462 e. The van der Waals surface area contributed by atoms with Crippen LogP contribution in [0.5, 0.6) is 0 Å². The van der Waals surface area contributed by atoms with Gasteiger partial charge in [-0.05, 0) is 75.2 Å². The molecule has 40 heavy (non-hydrogen) atoms. The van der Waals surface area contributed by atoms with E-state index in [4.69, 9.17) is 9.47 Å². The molecule has 0 aliphatic carbocycles. The fourth-order valence-corrected chi connectivity index (χ4v) is 7.38. The van der Waals surface area contributed by atoms with E-state index in [1.165, 1.54) is 0 Å². The zero-order chi connectivity index (χ0) is 28.5. The SMILES string of the molecule is CCOC(=O)c1ccc(NC(=O)[C@@H]2C[C@H](SS[C@@H]3CN[C@H](C(=O)Nc4ccc(C(=O)OCC)cc4)C3)CN2)cc1. The normalized spacial score (nSPS) is 21.9. The Balaban J connectivity index is 1.16. The Kier molecular flexibility index (Phi) is 10.9. The van der Waals surface area contributed by atoms with Gasteiger partial charge in [0.25, 0.3) is 0 Å².